The number of aromatic nitrogens is 1. The first-order chi connectivity index (χ1) is 11.3. The quantitative estimate of drug-likeness (QED) is 0.271. The number of aliphatic imine (C=N–C) groups is 1. The first-order valence-corrected chi connectivity index (χ1v) is 9.58. The molecule has 0 saturated heterocycles. The van der Waals surface area contributed by atoms with E-state index >= 15 is 0 Å². The van der Waals surface area contributed by atoms with Crippen molar-refractivity contribution in [1.82, 2.24) is 15.6 Å². The van der Waals surface area contributed by atoms with E-state index in [0.717, 1.165) is 35.5 Å². The standard InChI is InChI=1S/C18H26N4S.HI/c1-3-19-18(21-11-4-5-13-23-2)22-14-16-9-6-8-15-10-7-12-20-17(15)16;/h6-10,12H,3-5,11,13-14H2,1-2H3,(H2,19,21,22);1H. The molecular formula is C18H27IN4S. The van der Waals surface area contributed by atoms with E-state index in [4.69, 9.17) is 4.99 Å². The van der Waals surface area contributed by atoms with Crippen molar-refractivity contribution in [3.05, 3.63) is 42.1 Å². The third kappa shape index (κ3) is 6.84. The Balaban J connectivity index is 0.00000288. The molecule has 0 unspecified atom stereocenters. The second-order valence-electron chi connectivity index (χ2n) is 5.31. The van der Waals surface area contributed by atoms with Gasteiger partial charge in [0.1, 0.15) is 0 Å². The predicted octanol–water partition coefficient (Wildman–Crippen LogP) is 4.05. The smallest absolute Gasteiger partial charge is 0.191 e. The number of fused-ring (bicyclic) bond motifs is 1. The SMILES string of the molecule is CCNC(=NCc1cccc2cccnc12)NCCCCSC.I. The van der Waals surface area contributed by atoms with Crippen LogP contribution in [0.25, 0.3) is 10.9 Å². The van der Waals surface area contributed by atoms with Crippen molar-refractivity contribution in [3.8, 4) is 0 Å². The van der Waals surface area contributed by atoms with Gasteiger partial charge in [0.2, 0.25) is 0 Å². The van der Waals surface area contributed by atoms with E-state index in [2.05, 4.69) is 53.1 Å². The summed E-state index contributed by atoms with van der Waals surface area (Å²) in [4.78, 5) is 9.19. The van der Waals surface area contributed by atoms with Gasteiger partial charge in [-0.3, -0.25) is 4.98 Å². The summed E-state index contributed by atoms with van der Waals surface area (Å²) >= 11 is 1.90. The number of nitrogens with one attached hydrogen (secondary N) is 2. The van der Waals surface area contributed by atoms with Crippen LogP contribution in [0.3, 0.4) is 0 Å². The van der Waals surface area contributed by atoms with Crippen molar-refractivity contribution in [2.24, 2.45) is 4.99 Å². The molecule has 1 aromatic carbocycles. The van der Waals surface area contributed by atoms with Crippen LogP contribution in [0, 0.1) is 0 Å². The summed E-state index contributed by atoms with van der Waals surface area (Å²) in [5.74, 6) is 2.10. The molecule has 2 aromatic rings. The van der Waals surface area contributed by atoms with E-state index in [-0.39, 0.29) is 24.0 Å². The minimum Gasteiger partial charge on any atom is -0.357 e. The molecule has 2 N–H and O–H groups in total. The summed E-state index contributed by atoms with van der Waals surface area (Å²) in [6.45, 7) is 4.55. The van der Waals surface area contributed by atoms with Crippen molar-refractivity contribution in [1.29, 1.82) is 0 Å². The van der Waals surface area contributed by atoms with E-state index in [0.29, 0.717) is 6.54 Å². The summed E-state index contributed by atoms with van der Waals surface area (Å²) < 4.78 is 0. The number of guanidine groups is 1. The second kappa shape index (κ2) is 12.4. The molecular weight excluding hydrogens is 431 g/mol. The Morgan fingerprint density at radius 2 is 2.00 bits per heavy atom. The van der Waals surface area contributed by atoms with Crippen molar-refractivity contribution < 1.29 is 0 Å². The van der Waals surface area contributed by atoms with E-state index < -0.39 is 0 Å². The van der Waals surface area contributed by atoms with Gasteiger partial charge in [0.25, 0.3) is 0 Å². The van der Waals surface area contributed by atoms with Crippen LogP contribution in [0.5, 0.6) is 0 Å². The molecule has 0 bridgehead atoms. The number of rotatable bonds is 8. The van der Waals surface area contributed by atoms with Crippen LogP contribution in [0.15, 0.2) is 41.5 Å². The molecule has 0 radical (unpaired) electrons. The fourth-order valence-electron chi connectivity index (χ4n) is 2.38. The van der Waals surface area contributed by atoms with Crippen molar-refractivity contribution in [2.75, 3.05) is 25.1 Å². The van der Waals surface area contributed by atoms with Crippen molar-refractivity contribution >= 4 is 52.6 Å². The zero-order valence-corrected chi connectivity index (χ0v) is 17.6. The zero-order valence-electron chi connectivity index (χ0n) is 14.4. The summed E-state index contributed by atoms with van der Waals surface area (Å²) in [6.07, 6.45) is 6.39. The summed E-state index contributed by atoms with van der Waals surface area (Å²) in [5, 5.41) is 7.87. The maximum absolute atomic E-state index is 4.70. The third-order valence-corrected chi connectivity index (χ3v) is 4.23. The number of unbranched alkanes of at least 4 members (excludes halogenated alkanes) is 1. The highest BCUT2D eigenvalue weighted by Gasteiger charge is 2.02. The van der Waals surface area contributed by atoms with Crippen LogP contribution in [0.4, 0.5) is 0 Å². The Hall–Kier alpha value is -1.02. The van der Waals surface area contributed by atoms with Gasteiger partial charge in [0, 0.05) is 24.7 Å². The minimum absolute atomic E-state index is 0. The van der Waals surface area contributed by atoms with Crippen LogP contribution in [-0.4, -0.2) is 36.0 Å². The lowest BCUT2D eigenvalue weighted by Gasteiger charge is -2.11. The lowest BCUT2D eigenvalue weighted by atomic mass is 10.1. The fraction of sp³-hybridized carbons (Fsp3) is 0.444. The molecule has 0 saturated carbocycles. The average molecular weight is 458 g/mol. The van der Waals surface area contributed by atoms with Gasteiger partial charge < -0.3 is 10.6 Å². The Morgan fingerprint density at radius 3 is 2.79 bits per heavy atom. The Morgan fingerprint density at radius 1 is 1.17 bits per heavy atom. The first-order valence-electron chi connectivity index (χ1n) is 8.19. The molecule has 0 aliphatic carbocycles. The molecule has 0 atom stereocenters. The summed E-state index contributed by atoms with van der Waals surface area (Å²) in [6, 6.07) is 10.3. The molecule has 24 heavy (non-hydrogen) atoms. The molecule has 0 fully saturated rings. The number of nitrogens with zero attached hydrogens (tertiary/aromatic N) is 2. The van der Waals surface area contributed by atoms with Crippen LogP contribution < -0.4 is 10.6 Å². The van der Waals surface area contributed by atoms with Crippen LogP contribution >= 0.6 is 35.7 Å². The predicted molar refractivity (Wildman–Crippen MR) is 118 cm³/mol. The number of para-hydroxylation sites is 1. The Labute approximate surface area is 166 Å². The number of halogens is 1. The van der Waals surface area contributed by atoms with Gasteiger partial charge in [-0.05, 0) is 43.4 Å². The number of hydrogen-bond acceptors (Lipinski definition) is 3. The molecule has 0 spiro atoms. The highest BCUT2D eigenvalue weighted by atomic mass is 127. The molecule has 2 rings (SSSR count). The van der Waals surface area contributed by atoms with Gasteiger partial charge in [-0.15, -0.1) is 24.0 Å². The molecule has 0 aliphatic rings. The van der Waals surface area contributed by atoms with Crippen molar-refractivity contribution in [3.63, 3.8) is 0 Å². The third-order valence-electron chi connectivity index (χ3n) is 3.54. The van der Waals surface area contributed by atoms with Gasteiger partial charge >= 0.3 is 0 Å². The molecule has 132 valence electrons. The lowest BCUT2D eigenvalue weighted by Crippen LogP contribution is -2.37. The molecule has 1 aromatic heterocycles. The maximum atomic E-state index is 4.70. The Bertz CT molecular complexity index is 628. The molecule has 1 heterocycles. The largest absolute Gasteiger partial charge is 0.357 e. The summed E-state index contributed by atoms with van der Waals surface area (Å²) in [5.41, 5.74) is 2.19. The topological polar surface area (TPSA) is 49.3 Å². The van der Waals surface area contributed by atoms with Crippen LogP contribution in [0.1, 0.15) is 25.3 Å². The minimum atomic E-state index is 0. The molecule has 6 heteroatoms. The molecule has 0 aliphatic heterocycles. The van der Waals surface area contributed by atoms with E-state index in [9.17, 15) is 0 Å². The monoisotopic (exact) mass is 458 g/mol. The van der Waals surface area contributed by atoms with Crippen LogP contribution in [0.2, 0.25) is 0 Å². The molecule has 4 nitrogen and oxygen atoms in total. The Kier molecular flexibility index (Phi) is 10.8. The van der Waals surface area contributed by atoms with Crippen molar-refractivity contribution in [2.45, 2.75) is 26.3 Å². The number of benzene rings is 1. The van der Waals surface area contributed by atoms with Gasteiger partial charge in [-0.2, -0.15) is 11.8 Å². The highest BCUT2D eigenvalue weighted by Crippen LogP contribution is 2.16. The summed E-state index contributed by atoms with van der Waals surface area (Å²) in [7, 11) is 0. The fourth-order valence-corrected chi connectivity index (χ4v) is 2.87. The van der Waals surface area contributed by atoms with Gasteiger partial charge in [0.15, 0.2) is 5.96 Å². The average Bonchev–Trinajstić information content (AvgIpc) is 2.59. The van der Waals surface area contributed by atoms with E-state index in [1.54, 1.807) is 0 Å². The maximum Gasteiger partial charge on any atom is 0.191 e. The molecule has 0 amide bonds. The normalized spacial score (nSPS) is 11.2. The van der Waals surface area contributed by atoms with Gasteiger partial charge in [-0.25, -0.2) is 4.99 Å². The van der Waals surface area contributed by atoms with Gasteiger partial charge in [0.05, 0.1) is 12.1 Å². The number of hydrogen-bond donors (Lipinski definition) is 2. The second-order valence-corrected chi connectivity index (χ2v) is 6.30. The zero-order chi connectivity index (χ0) is 16.3. The number of thioether (sulfide) groups is 1. The first kappa shape index (κ1) is 21.0. The highest BCUT2D eigenvalue weighted by molar-refractivity contribution is 14.0. The number of pyridine rings is 1. The van der Waals surface area contributed by atoms with Gasteiger partial charge in [-0.1, -0.05) is 24.3 Å². The van der Waals surface area contributed by atoms with E-state index in [1.807, 2.05) is 24.0 Å². The van der Waals surface area contributed by atoms with Crippen LogP contribution in [-0.2, 0) is 6.54 Å². The lowest BCUT2D eigenvalue weighted by molar-refractivity contribution is 0.734. The van der Waals surface area contributed by atoms with E-state index in [1.165, 1.54) is 18.6 Å².